The molecule has 0 atom stereocenters. The van der Waals surface area contributed by atoms with E-state index in [0.29, 0.717) is 12.6 Å². The molecule has 1 aromatic rings. The Kier molecular flexibility index (Phi) is 10.7. The van der Waals surface area contributed by atoms with Gasteiger partial charge in [-0.05, 0) is 75.1 Å². The van der Waals surface area contributed by atoms with Gasteiger partial charge in [0.2, 0.25) is 5.91 Å². The first-order chi connectivity index (χ1) is 16.0. The highest BCUT2D eigenvalue weighted by molar-refractivity contribution is 9.10. The number of nitrogens with zero attached hydrogens (tertiary/aromatic N) is 2. The van der Waals surface area contributed by atoms with Crippen molar-refractivity contribution < 1.29 is 4.79 Å². The highest BCUT2D eigenvalue weighted by atomic mass is 79.9. The van der Waals surface area contributed by atoms with Crippen molar-refractivity contribution >= 4 is 21.8 Å². The lowest BCUT2D eigenvalue weighted by Gasteiger charge is -2.39. The third kappa shape index (κ3) is 8.40. The van der Waals surface area contributed by atoms with Crippen LogP contribution in [-0.4, -0.2) is 41.4 Å². The second-order valence-electron chi connectivity index (χ2n) is 10.3. The number of rotatable bonds is 11. The zero-order valence-electron chi connectivity index (χ0n) is 21.0. The molecule has 1 fully saturated rings. The number of hydrogen-bond donors (Lipinski definition) is 0. The van der Waals surface area contributed by atoms with Crippen LogP contribution in [0.3, 0.4) is 0 Å². The summed E-state index contributed by atoms with van der Waals surface area (Å²) in [5.41, 5.74) is 3.72. The molecule has 0 aromatic heterocycles. The molecule has 1 heterocycles. The molecular formula is C29H43BrN2O. The predicted octanol–water partition coefficient (Wildman–Crippen LogP) is 7.52. The fourth-order valence-corrected chi connectivity index (χ4v) is 5.17. The number of unbranched alkanes of at least 4 members (excludes halogenated alkanes) is 2. The van der Waals surface area contributed by atoms with Gasteiger partial charge in [0.25, 0.3) is 0 Å². The SMILES string of the molecule is CCCCCC1=CC=C(C(=O)N(Cc2ccc(Br)cc2)C2CCN(CCC(C)C)CC2)CC1. The van der Waals surface area contributed by atoms with Crippen molar-refractivity contribution in [1.29, 1.82) is 0 Å². The van der Waals surface area contributed by atoms with Gasteiger partial charge in [-0.15, -0.1) is 0 Å². The summed E-state index contributed by atoms with van der Waals surface area (Å²) in [6, 6.07) is 8.77. The number of allylic oxidation sites excluding steroid dienone is 3. The Hall–Kier alpha value is -1.39. The molecule has 33 heavy (non-hydrogen) atoms. The predicted molar refractivity (Wildman–Crippen MR) is 143 cm³/mol. The van der Waals surface area contributed by atoms with Gasteiger partial charge in [0.1, 0.15) is 0 Å². The monoisotopic (exact) mass is 514 g/mol. The zero-order valence-corrected chi connectivity index (χ0v) is 22.6. The third-order valence-corrected chi connectivity index (χ3v) is 7.69. The van der Waals surface area contributed by atoms with E-state index in [1.165, 1.54) is 49.8 Å². The van der Waals surface area contributed by atoms with Gasteiger partial charge in [-0.1, -0.05) is 79.4 Å². The number of likely N-dealkylation sites (tertiary alicyclic amines) is 1. The zero-order chi connectivity index (χ0) is 23.6. The molecule has 2 aliphatic rings. The molecule has 3 nitrogen and oxygen atoms in total. The van der Waals surface area contributed by atoms with Crippen LogP contribution in [0, 0.1) is 5.92 Å². The van der Waals surface area contributed by atoms with Crippen LogP contribution in [0.4, 0.5) is 0 Å². The summed E-state index contributed by atoms with van der Waals surface area (Å²) < 4.78 is 1.08. The molecule has 1 saturated heterocycles. The van der Waals surface area contributed by atoms with E-state index in [4.69, 9.17) is 0 Å². The number of hydrogen-bond acceptors (Lipinski definition) is 2. The lowest BCUT2D eigenvalue weighted by molar-refractivity contribution is -0.131. The minimum Gasteiger partial charge on any atom is -0.332 e. The number of halogens is 1. The molecule has 0 N–H and O–H groups in total. The van der Waals surface area contributed by atoms with Crippen LogP contribution in [0.1, 0.15) is 84.1 Å². The smallest absolute Gasteiger partial charge is 0.250 e. The lowest BCUT2D eigenvalue weighted by atomic mass is 9.93. The van der Waals surface area contributed by atoms with Crippen LogP contribution >= 0.6 is 15.9 Å². The van der Waals surface area contributed by atoms with Gasteiger partial charge in [0.05, 0.1) is 0 Å². The molecule has 0 unspecified atom stereocenters. The number of amides is 1. The summed E-state index contributed by atoms with van der Waals surface area (Å²) in [6.45, 7) is 10.9. The molecule has 1 aromatic carbocycles. The van der Waals surface area contributed by atoms with Gasteiger partial charge in [0, 0.05) is 35.7 Å². The fraction of sp³-hybridized carbons (Fsp3) is 0.621. The molecule has 4 heteroatoms. The van der Waals surface area contributed by atoms with Gasteiger partial charge in [-0.25, -0.2) is 0 Å². The van der Waals surface area contributed by atoms with Gasteiger partial charge in [-0.2, -0.15) is 0 Å². The second kappa shape index (κ2) is 13.5. The minimum absolute atomic E-state index is 0.252. The van der Waals surface area contributed by atoms with Crippen LogP contribution in [-0.2, 0) is 11.3 Å². The number of piperidine rings is 1. The van der Waals surface area contributed by atoms with Crippen molar-refractivity contribution in [2.45, 2.75) is 91.1 Å². The van der Waals surface area contributed by atoms with E-state index in [2.05, 4.69) is 82.9 Å². The first kappa shape index (κ1) is 26.2. The molecular weight excluding hydrogens is 472 g/mol. The van der Waals surface area contributed by atoms with Gasteiger partial charge >= 0.3 is 0 Å². The summed E-state index contributed by atoms with van der Waals surface area (Å²) in [7, 11) is 0. The molecule has 0 saturated carbocycles. The second-order valence-corrected chi connectivity index (χ2v) is 11.2. The third-order valence-electron chi connectivity index (χ3n) is 7.16. The van der Waals surface area contributed by atoms with Gasteiger partial charge in [-0.3, -0.25) is 4.79 Å². The molecule has 0 bridgehead atoms. The van der Waals surface area contributed by atoms with E-state index in [-0.39, 0.29) is 5.91 Å². The molecule has 1 aliphatic carbocycles. The van der Waals surface area contributed by atoms with E-state index in [9.17, 15) is 4.79 Å². The Morgan fingerprint density at radius 3 is 2.42 bits per heavy atom. The molecule has 3 rings (SSSR count). The largest absolute Gasteiger partial charge is 0.332 e. The Morgan fingerprint density at radius 1 is 1.09 bits per heavy atom. The average Bonchev–Trinajstić information content (AvgIpc) is 2.83. The fourth-order valence-electron chi connectivity index (χ4n) is 4.90. The first-order valence-corrected chi connectivity index (χ1v) is 13.9. The molecule has 0 spiro atoms. The van der Waals surface area contributed by atoms with E-state index in [1.807, 2.05) is 0 Å². The normalized spacial score (nSPS) is 17.7. The summed E-state index contributed by atoms with van der Waals surface area (Å²) in [5, 5.41) is 0. The Bertz CT molecular complexity index is 803. The number of carbonyl (C=O) groups is 1. The number of carbonyl (C=O) groups excluding carboxylic acids is 1. The Balaban J connectivity index is 1.68. The quantitative estimate of drug-likeness (QED) is 0.285. The van der Waals surface area contributed by atoms with Crippen LogP contribution in [0.15, 0.2) is 52.0 Å². The first-order valence-electron chi connectivity index (χ1n) is 13.1. The number of benzene rings is 1. The summed E-state index contributed by atoms with van der Waals surface area (Å²) >= 11 is 3.54. The van der Waals surface area contributed by atoms with Crippen LogP contribution in [0.5, 0.6) is 0 Å². The highest BCUT2D eigenvalue weighted by Crippen LogP contribution is 2.28. The standard InChI is InChI=1S/C29H43BrN2O/c1-4-5-6-7-24-8-12-26(13-9-24)29(33)32(22-25-10-14-27(30)15-11-25)28-17-20-31(21-18-28)19-16-23(2)3/h8,10-12,14-15,23,28H,4-7,9,13,16-22H2,1-3H3. The summed E-state index contributed by atoms with van der Waals surface area (Å²) in [5.74, 6) is 0.999. The molecule has 1 aliphatic heterocycles. The molecule has 1 amide bonds. The lowest BCUT2D eigenvalue weighted by Crippen LogP contribution is -2.47. The molecule has 182 valence electrons. The highest BCUT2D eigenvalue weighted by Gasteiger charge is 2.30. The van der Waals surface area contributed by atoms with Crippen LogP contribution in [0.2, 0.25) is 0 Å². The van der Waals surface area contributed by atoms with E-state index in [0.717, 1.165) is 54.7 Å². The summed E-state index contributed by atoms with van der Waals surface area (Å²) in [4.78, 5) is 18.5. The van der Waals surface area contributed by atoms with Gasteiger partial charge in [0.15, 0.2) is 0 Å². The average molecular weight is 516 g/mol. The van der Waals surface area contributed by atoms with Crippen LogP contribution in [0.25, 0.3) is 0 Å². The van der Waals surface area contributed by atoms with Crippen molar-refractivity contribution in [2.75, 3.05) is 19.6 Å². The Morgan fingerprint density at radius 2 is 1.82 bits per heavy atom. The van der Waals surface area contributed by atoms with E-state index in [1.54, 1.807) is 0 Å². The van der Waals surface area contributed by atoms with Crippen LogP contribution < -0.4 is 0 Å². The maximum atomic E-state index is 13.7. The minimum atomic E-state index is 0.252. The summed E-state index contributed by atoms with van der Waals surface area (Å²) in [6.07, 6.45) is 14.7. The van der Waals surface area contributed by atoms with Gasteiger partial charge < -0.3 is 9.80 Å². The molecule has 0 radical (unpaired) electrons. The van der Waals surface area contributed by atoms with Crippen molar-refractivity contribution in [3.8, 4) is 0 Å². The maximum Gasteiger partial charge on any atom is 0.250 e. The van der Waals surface area contributed by atoms with Crippen molar-refractivity contribution in [2.24, 2.45) is 5.92 Å². The van der Waals surface area contributed by atoms with Crippen molar-refractivity contribution in [1.82, 2.24) is 9.80 Å². The topological polar surface area (TPSA) is 23.6 Å². The van der Waals surface area contributed by atoms with Crippen molar-refractivity contribution in [3.05, 3.63) is 57.6 Å². The van der Waals surface area contributed by atoms with Crippen molar-refractivity contribution in [3.63, 3.8) is 0 Å². The maximum absolute atomic E-state index is 13.7. The van der Waals surface area contributed by atoms with E-state index < -0.39 is 0 Å². The Labute approximate surface area is 210 Å². The van der Waals surface area contributed by atoms with E-state index >= 15 is 0 Å².